The van der Waals surface area contributed by atoms with Gasteiger partial charge in [-0.2, -0.15) is 0 Å². The minimum absolute atomic E-state index is 0.0142. The van der Waals surface area contributed by atoms with Crippen molar-refractivity contribution in [3.05, 3.63) is 46.5 Å². The lowest BCUT2D eigenvalue weighted by atomic mass is 10.1. The lowest BCUT2D eigenvalue weighted by molar-refractivity contribution is 0.101. The number of nitrogen functional groups attached to an aromatic ring is 1. The van der Waals surface area contributed by atoms with Crippen LogP contribution in [0.5, 0.6) is 0 Å². The molecular formula is C17H19N5O. The molecule has 0 amide bonds. The molecule has 0 atom stereocenters. The Morgan fingerprint density at radius 3 is 2.48 bits per heavy atom. The van der Waals surface area contributed by atoms with Crippen molar-refractivity contribution >= 4 is 22.8 Å². The third kappa shape index (κ3) is 2.67. The molecule has 0 radical (unpaired) electrons. The van der Waals surface area contributed by atoms with E-state index in [4.69, 9.17) is 5.73 Å². The number of rotatable bonds is 3. The Morgan fingerprint density at radius 1 is 1.09 bits per heavy atom. The zero-order chi connectivity index (χ0) is 16.7. The van der Waals surface area contributed by atoms with Gasteiger partial charge in [0, 0.05) is 5.56 Å². The third-order valence-electron chi connectivity index (χ3n) is 4.07. The minimum Gasteiger partial charge on any atom is -0.369 e. The number of hydrogen-bond donors (Lipinski definition) is 1. The van der Waals surface area contributed by atoms with Crippen LogP contribution in [0.25, 0.3) is 11.0 Å². The Balaban J connectivity index is 2.12. The molecule has 0 spiro atoms. The van der Waals surface area contributed by atoms with E-state index in [0.717, 1.165) is 33.8 Å². The average molecular weight is 309 g/mol. The van der Waals surface area contributed by atoms with Crippen molar-refractivity contribution in [2.75, 3.05) is 5.73 Å². The Morgan fingerprint density at radius 2 is 1.78 bits per heavy atom. The number of aromatic nitrogens is 4. The second kappa shape index (κ2) is 5.46. The first-order valence-corrected chi connectivity index (χ1v) is 7.44. The van der Waals surface area contributed by atoms with Gasteiger partial charge in [0.05, 0.1) is 40.4 Å². The zero-order valence-corrected chi connectivity index (χ0v) is 13.7. The molecule has 2 aromatic heterocycles. The SMILES string of the molecule is CC(=O)c1ccc2nc(N)n(Cc3nc(C)c(C)nc3C)c2c1. The van der Waals surface area contributed by atoms with Crippen LogP contribution in [0.3, 0.4) is 0 Å². The first-order chi connectivity index (χ1) is 10.9. The highest BCUT2D eigenvalue weighted by atomic mass is 16.1. The molecule has 0 aliphatic carbocycles. The first kappa shape index (κ1) is 15.1. The summed E-state index contributed by atoms with van der Waals surface area (Å²) < 4.78 is 1.87. The maximum absolute atomic E-state index is 11.6. The van der Waals surface area contributed by atoms with Crippen LogP contribution in [-0.4, -0.2) is 25.3 Å². The van der Waals surface area contributed by atoms with Gasteiger partial charge in [-0.05, 0) is 45.9 Å². The maximum atomic E-state index is 11.6. The Labute approximate surface area is 134 Å². The van der Waals surface area contributed by atoms with Gasteiger partial charge < -0.3 is 10.3 Å². The summed E-state index contributed by atoms with van der Waals surface area (Å²) >= 11 is 0. The van der Waals surface area contributed by atoms with Crippen LogP contribution < -0.4 is 5.73 Å². The van der Waals surface area contributed by atoms with Gasteiger partial charge in [-0.3, -0.25) is 14.8 Å². The molecule has 23 heavy (non-hydrogen) atoms. The number of ketones is 1. The number of carbonyl (C=O) groups is 1. The van der Waals surface area contributed by atoms with Crippen molar-refractivity contribution in [1.29, 1.82) is 0 Å². The van der Waals surface area contributed by atoms with Crippen LogP contribution in [0, 0.1) is 20.8 Å². The van der Waals surface area contributed by atoms with E-state index >= 15 is 0 Å². The predicted octanol–water partition coefficient (Wildman–Crippen LogP) is 2.58. The van der Waals surface area contributed by atoms with E-state index in [0.29, 0.717) is 18.1 Å². The number of aryl methyl sites for hydroxylation is 3. The smallest absolute Gasteiger partial charge is 0.201 e. The van der Waals surface area contributed by atoms with Gasteiger partial charge in [-0.1, -0.05) is 0 Å². The number of fused-ring (bicyclic) bond motifs is 1. The van der Waals surface area contributed by atoms with Crippen LogP contribution in [0.2, 0.25) is 0 Å². The molecule has 0 saturated carbocycles. The van der Waals surface area contributed by atoms with Crippen molar-refractivity contribution in [2.24, 2.45) is 0 Å². The highest BCUT2D eigenvalue weighted by Gasteiger charge is 2.13. The van der Waals surface area contributed by atoms with E-state index in [1.165, 1.54) is 0 Å². The highest BCUT2D eigenvalue weighted by Crippen LogP contribution is 2.21. The van der Waals surface area contributed by atoms with Crippen LogP contribution in [0.1, 0.15) is 40.1 Å². The molecule has 0 unspecified atom stereocenters. The summed E-state index contributed by atoms with van der Waals surface area (Å²) in [7, 11) is 0. The summed E-state index contributed by atoms with van der Waals surface area (Å²) in [6.45, 7) is 7.84. The normalized spacial score (nSPS) is 11.1. The molecule has 2 N–H and O–H groups in total. The van der Waals surface area contributed by atoms with Crippen molar-refractivity contribution < 1.29 is 4.79 Å². The second-order valence-corrected chi connectivity index (χ2v) is 5.74. The fourth-order valence-electron chi connectivity index (χ4n) is 2.59. The van der Waals surface area contributed by atoms with Crippen molar-refractivity contribution in [1.82, 2.24) is 19.5 Å². The van der Waals surface area contributed by atoms with Gasteiger partial charge in [-0.25, -0.2) is 4.98 Å². The summed E-state index contributed by atoms with van der Waals surface area (Å²) in [6, 6.07) is 5.41. The summed E-state index contributed by atoms with van der Waals surface area (Å²) in [5, 5.41) is 0. The van der Waals surface area contributed by atoms with Crippen molar-refractivity contribution in [3.63, 3.8) is 0 Å². The number of carbonyl (C=O) groups excluding carboxylic acids is 1. The first-order valence-electron chi connectivity index (χ1n) is 7.44. The van der Waals surface area contributed by atoms with Gasteiger partial charge >= 0.3 is 0 Å². The molecular weight excluding hydrogens is 290 g/mol. The van der Waals surface area contributed by atoms with E-state index in [9.17, 15) is 4.79 Å². The molecule has 0 aliphatic heterocycles. The number of nitrogens with two attached hydrogens (primary N) is 1. The summed E-state index contributed by atoms with van der Waals surface area (Å²) in [5.41, 5.74) is 11.9. The van der Waals surface area contributed by atoms with E-state index in [1.807, 2.05) is 37.5 Å². The van der Waals surface area contributed by atoms with Gasteiger partial charge in [0.1, 0.15) is 0 Å². The number of imidazole rings is 1. The number of Topliss-reactive ketones (excluding diaryl/α,β-unsaturated/α-hetero) is 1. The number of hydrogen-bond acceptors (Lipinski definition) is 5. The monoisotopic (exact) mass is 309 g/mol. The van der Waals surface area contributed by atoms with Gasteiger partial charge in [0.25, 0.3) is 0 Å². The molecule has 118 valence electrons. The molecule has 3 aromatic rings. The molecule has 0 bridgehead atoms. The van der Waals surface area contributed by atoms with Gasteiger partial charge in [0.2, 0.25) is 5.95 Å². The molecule has 2 heterocycles. The predicted molar refractivity (Wildman–Crippen MR) is 89.5 cm³/mol. The van der Waals surface area contributed by atoms with Crippen LogP contribution in [0.15, 0.2) is 18.2 Å². The van der Waals surface area contributed by atoms with Crippen molar-refractivity contribution in [2.45, 2.75) is 34.2 Å². The second-order valence-electron chi connectivity index (χ2n) is 5.74. The Kier molecular flexibility index (Phi) is 3.60. The number of nitrogens with zero attached hydrogens (tertiary/aromatic N) is 4. The summed E-state index contributed by atoms with van der Waals surface area (Å²) in [6.07, 6.45) is 0. The lowest BCUT2D eigenvalue weighted by Gasteiger charge is -2.10. The molecule has 6 heteroatoms. The van der Waals surface area contributed by atoms with E-state index in [-0.39, 0.29) is 5.78 Å². The van der Waals surface area contributed by atoms with Gasteiger partial charge in [-0.15, -0.1) is 0 Å². The van der Waals surface area contributed by atoms with E-state index in [2.05, 4.69) is 15.0 Å². The molecule has 0 aliphatic rings. The quantitative estimate of drug-likeness (QED) is 0.751. The van der Waals surface area contributed by atoms with Crippen molar-refractivity contribution in [3.8, 4) is 0 Å². The Bertz CT molecular complexity index is 926. The van der Waals surface area contributed by atoms with Crippen LogP contribution >= 0.6 is 0 Å². The zero-order valence-electron chi connectivity index (χ0n) is 13.7. The standard InChI is InChI=1S/C17H19N5O/c1-9-10(2)20-15(11(3)19-9)8-22-16-7-13(12(4)23)5-6-14(16)21-17(22)18/h5-7H,8H2,1-4H3,(H2,18,21). The molecule has 0 fully saturated rings. The largest absolute Gasteiger partial charge is 0.369 e. The molecule has 3 rings (SSSR count). The molecule has 1 aromatic carbocycles. The van der Waals surface area contributed by atoms with E-state index in [1.54, 1.807) is 13.0 Å². The minimum atomic E-state index is 0.0142. The van der Waals surface area contributed by atoms with Crippen LogP contribution in [-0.2, 0) is 6.54 Å². The Hall–Kier alpha value is -2.76. The fraction of sp³-hybridized carbons (Fsp3) is 0.294. The lowest BCUT2D eigenvalue weighted by Crippen LogP contribution is -2.10. The molecule has 6 nitrogen and oxygen atoms in total. The number of anilines is 1. The maximum Gasteiger partial charge on any atom is 0.201 e. The van der Waals surface area contributed by atoms with Crippen LogP contribution in [0.4, 0.5) is 5.95 Å². The summed E-state index contributed by atoms with van der Waals surface area (Å²) in [4.78, 5) is 25.1. The number of benzene rings is 1. The third-order valence-corrected chi connectivity index (χ3v) is 4.07. The fourth-order valence-corrected chi connectivity index (χ4v) is 2.59. The van der Waals surface area contributed by atoms with E-state index < -0.39 is 0 Å². The average Bonchev–Trinajstić information content (AvgIpc) is 2.80. The highest BCUT2D eigenvalue weighted by molar-refractivity contribution is 5.97. The molecule has 0 saturated heterocycles. The topological polar surface area (TPSA) is 86.7 Å². The summed E-state index contributed by atoms with van der Waals surface area (Å²) in [5.74, 6) is 0.417. The van der Waals surface area contributed by atoms with Gasteiger partial charge in [0.15, 0.2) is 5.78 Å².